The Hall–Kier alpha value is -2.04. The number of benzene rings is 1. The largest absolute Gasteiger partial charge is 0.482 e. The lowest BCUT2D eigenvalue weighted by Gasteiger charge is -2.11. The van der Waals surface area contributed by atoms with E-state index in [0.717, 1.165) is 11.1 Å². The third-order valence-electron chi connectivity index (χ3n) is 2.26. The summed E-state index contributed by atoms with van der Waals surface area (Å²) in [7, 11) is 0. The van der Waals surface area contributed by atoms with Gasteiger partial charge >= 0.3 is 5.97 Å². The number of carbonyl (C=O) groups excluding carboxylic acids is 2. The summed E-state index contributed by atoms with van der Waals surface area (Å²) >= 11 is 0. The maximum Gasteiger partial charge on any atom is 0.344 e. The lowest BCUT2D eigenvalue weighted by Crippen LogP contribution is -2.32. The van der Waals surface area contributed by atoms with E-state index in [4.69, 9.17) is 15.2 Å². The number of amides is 1. The van der Waals surface area contributed by atoms with Crippen LogP contribution in [0.5, 0.6) is 5.75 Å². The minimum absolute atomic E-state index is 0.249. The molecule has 1 atom stereocenters. The third-order valence-corrected chi connectivity index (χ3v) is 2.26. The maximum absolute atomic E-state index is 11.3. The minimum atomic E-state index is -0.944. The van der Waals surface area contributed by atoms with Crippen molar-refractivity contribution in [1.29, 1.82) is 0 Å². The number of ether oxygens (including phenoxy) is 2. The summed E-state index contributed by atoms with van der Waals surface area (Å²) in [4.78, 5) is 22.0. The number of carbonyl (C=O) groups is 2. The highest BCUT2D eigenvalue weighted by Gasteiger charge is 2.14. The Morgan fingerprint density at radius 3 is 2.28 bits per heavy atom. The first-order chi connectivity index (χ1) is 8.38. The van der Waals surface area contributed by atoms with Gasteiger partial charge in [-0.2, -0.15) is 0 Å². The van der Waals surface area contributed by atoms with Crippen molar-refractivity contribution in [3.8, 4) is 5.75 Å². The van der Waals surface area contributed by atoms with Gasteiger partial charge in [0.25, 0.3) is 5.91 Å². The number of hydrogen-bond donors (Lipinski definition) is 1. The number of hydrogen-bond acceptors (Lipinski definition) is 4. The topological polar surface area (TPSA) is 78.6 Å². The molecule has 5 heteroatoms. The predicted molar refractivity (Wildman–Crippen MR) is 66.2 cm³/mol. The highest BCUT2D eigenvalue weighted by Crippen LogP contribution is 2.16. The summed E-state index contributed by atoms with van der Waals surface area (Å²) in [6, 6.07) is 5.63. The quantitative estimate of drug-likeness (QED) is 0.795. The van der Waals surface area contributed by atoms with Crippen molar-refractivity contribution in [2.45, 2.75) is 26.9 Å². The molecule has 0 saturated carbocycles. The molecule has 0 aliphatic heterocycles. The van der Waals surface area contributed by atoms with Crippen molar-refractivity contribution >= 4 is 11.9 Å². The molecule has 98 valence electrons. The number of esters is 1. The molecule has 0 aromatic heterocycles. The van der Waals surface area contributed by atoms with E-state index in [1.165, 1.54) is 6.92 Å². The lowest BCUT2D eigenvalue weighted by atomic mass is 10.1. The second-order valence-corrected chi connectivity index (χ2v) is 4.15. The van der Waals surface area contributed by atoms with Crippen LogP contribution in [0.2, 0.25) is 0 Å². The summed E-state index contributed by atoms with van der Waals surface area (Å²) in [6.07, 6.45) is -0.944. The van der Waals surface area contributed by atoms with Crippen molar-refractivity contribution < 1.29 is 19.1 Å². The normalized spacial score (nSPS) is 11.7. The van der Waals surface area contributed by atoms with Gasteiger partial charge in [-0.1, -0.05) is 6.07 Å². The van der Waals surface area contributed by atoms with Gasteiger partial charge in [0.05, 0.1) is 0 Å². The molecule has 0 fully saturated rings. The van der Waals surface area contributed by atoms with Gasteiger partial charge in [0.1, 0.15) is 5.75 Å². The smallest absolute Gasteiger partial charge is 0.344 e. The molecule has 0 spiro atoms. The highest BCUT2D eigenvalue weighted by molar-refractivity contribution is 5.82. The van der Waals surface area contributed by atoms with Crippen LogP contribution in [-0.4, -0.2) is 24.6 Å². The van der Waals surface area contributed by atoms with Crippen molar-refractivity contribution in [1.82, 2.24) is 0 Å². The van der Waals surface area contributed by atoms with E-state index in [1.807, 2.05) is 32.0 Å². The summed E-state index contributed by atoms with van der Waals surface area (Å²) in [5.41, 5.74) is 7.06. The molecular formula is C13H17NO4. The summed E-state index contributed by atoms with van der Waals surface area (Å²) in [5.74, 6) is -0.716. The van der Waals surface area contributed by atoms with Gasteiger partial charge in [-0.05, 0) is 44.0 Å². The van der Waals surface area contributed by atoms with E-state index < -0.39 is 18.0 Å². The Morgan fingerprint density at radius 1 is 1.22 bits per heavy atom. The van der Waals surface area contributed by atoms with Crippen LogP contribution in [0.25, 0.3) is 0 Å². The van der Waals surface area contributed by atoms with Crippen molar-refractivity contribution in [2.24, 2.45) is 5.73 Å². The summed E-state index contributed by atoms with van der Waals surface area (Å²) < 4.78 is 10.0. The molecule has 0 aliphatic rings. The van der Waals surface area contributed by atoms with Crippen molar-refractivity contribution in [3.05, 3.63) is 29.3 Å². The Labute approximate surface area is 106 Å². The molecule has 1 aromatic carbocycles. The molecule has 18 heavy (non-hydrogen) atoms. The van der Waals surface area contributed by atoms with E-state index in [-0.39, 0.29) is 6.61 Å². The predicted octanol–water partition coefficient (Wildman–Crippen LogP) is 1.10. The van der Waals surface area contributed by atoms with Gasteiger partial charge < -0.3 is 15.2 Å². The third kappa shape index (κ3) is 4.45. The zero-order chi connectivity index (χ0) is 13.7. The molecule has 2 N–H and O–H groups in total. The van der Waals surface area contributed by atoms with Crippen LogP contribution < -0.4 is 10.5 Å². The number of nitrogens with two attached hydrogens (primary N) is 1. The first kappa shape index (κ1) is 14.0. The van der Waals surface area contributed by atoms with E-state index in [0.29, 0.717) is 5.75 Å². The second kappa shape index (κ2) is 6.05. The zero-order valence-electron chi connectivity index (χ0n) is 10.7. The molecule has 0 bridgehead atoms. The Balaban J connectivity index is 2.50. The SMILES string of the molecule is Cc1cc(C)cc(OCC(=O)O[C@@H](C)C(N)=O)c1. The monoisotopic (exact) mass is 251 g/mol. The van der Waals surface area contributed by atoms with Gasteiger partial charge in [-0.3, -0.25) is 4.79 Å². The molecule has 0 heterocycles. The van der Waals surface area contributed by atoms with Gasteiger partial charge in [0, 0.05) is 0 Å². The Bertz CT molecular complexity index is 436. The van der Waals surface area contributed by atoms with Crippen LogP contribution in [0, 0.1) is 13.8 Å². The molecule has 0 saturated heterocycles. The number of rotatable bonds is 5. The van der Waals surface area contributed by atoms with Crippen LogP contribution in [-0.2, 0) is 14.3 Å². The molecule has 5 nitrogen and oxygen atoms in total. The fourth-order valence-corrected chi connectivity index (χ4v) is 1.45. The number of primary amides is 1. The standard InChI is InChI=1S/C13H17NO4/c1-8-4-9(2)6-11(5-8)17-7-12(15)18-10(3)13(14)16/h4-6,10H,7H2,1-3H3,(H2,14,16)/t10-/m0/s1. The first-order valence-electron chi connectivity index (χ1n) is 5.58. The lowest BCUT2D eigenvalue weighted by molar-refractivity contribution is -0.155. The highest BCUT2D eigenvalue weighted by atomic mass is 16.6. The second-order valence-electron chi connectivity index (χ2n) is 4.15. The average molecular weight is 251 g/mol. The summed E-state index contributed by atoms with van der Waals surface area (Å²) in [6.45, 7) is 5.04. The molecular weight excluding hydrogens is 234 g/mol. The van der Waals surface area contributed by atoms with Crippen LogP contribution in [0.3, 0.4) is 0 Å². The van der Waals surface area contributed by atoms with Crippen LogP contribution in [0.15, 0.2) is 18.2 Å². The van der Waals surface area contributed by atoms with E-state index in [9.17, 15) is 9.59 Å². The van der Waals surface area contributed by atoms with Gasteiger partial charge in [0.15, 0.2) is 12.7 Å². The fourth-order valence-electron chi connectivity index (χ4n) is 1.45. The average Bonchev–Trinajstić information content (AvgIpc) is 2.25. The molecule has 0 unspecified atom stereocenters. The molecule has 0 radical (unpaired) electrons. The van der Waals surface area contributed by atoms with Crippen molar-refractivity contribution in [3.63, 3.8) is 0 Å². The van der Waals surface area contributed by atoms with E-state index >= 15 is 0 Å². The Kier molecular flexibility index (Phi) is 4.71. The number of aryl methyl sites for hydroxylation is 2. The molecule has 1 rings (SSSR count). The van der Waals surface area contributed by atoms with Gasteiger partial charge in [-0.25, -0.2) is 4.79 Å². The Morgan fingerprint density at radius 2 is 1.78 bits per heavy atom. The molecule has 1 amide bonds. The zero-order valence-corrected chi connectivity index (χ0v) is 10.7. The van der Waals surface area contributed by atoms with Crippen LogP contribution in [0.4, 0.5) is 0 Å². The van der Waals surface area contributed by atoms with E-state index in [1.54, 1.807) is 0 Å². The first-order valence-corrected chi connectivity index (χ1v) is 5.58. The molecule has 1 aromatic rings. The van der Waals surface area contributed by atoms with Crippen molar-refractivity contribution in [2.75, 3.05) is 6.61 Å². The summed E-state index contributed by atoms with van der Waals surface area (Å²) in [5, 5.41) is 0. The fraction of sp³-hybridized carbons (Fsp3) is 0.385. The molecule has 0 aliphatic carbocycles. The van der Waals surface area contributed by atoms with Gasteiger partial charge in [-0.15, -0.1) is 0 Å². The maximum atomic E-state index is 11.3. The van der Waals surface area contributed by atoms with Gasteiger partial charge in [0.2, 0.25) is 0 Å². The van der Waals surface area contributed by atoms with Crippen LogP contribution >= 0.6 is 0 Å². The van der Waals surface area contributed by atoms with Crippen LogP contribution in [0.1, 0.15) is 18.1 Å². The van der Waals surface area contributed by atoms with E-state index in [2.05, 4.69) is 0 Å². The minimum Gasteiger partial charge on any atom is -0.482 e.